The van der Waals surface area contributed by atoms with Gasteiger partial charge in [0.15, 0.2) is 0 Å². The molecule has 1 saturated heterocycles. The third-order valence-electron chi connectivity index (χ3n) is 6.55. The highest BCUT2D eigenvalue weighted by Gasteiger charge is 2.45. The molecule has 6 nitrogen and oxygen atoms in total. The predicted molar refractivity (Wildman–Crippen MR) is 139 cm³/mol. The number of hydrogen-bond donors (Lipinski definition) is 1. The molecule has 1 aliphatic heterocycles. The Morgan fingerprint density at radius 2 is 1.71 bits per heavy atom. The number of nitrogens with zero attached hydrogens (tertiary/aromatic N) is 2. The summed E-state index contributed by atoms with van der Waals surface area (Å²) in [5.41, 5.74) is 1.41. The molecule has 1 fully saturated rings. The minimum absolute atomic E-state index is 0.132. The van der Waals surface area contributed by atoms with Crippen LogP contribution in [0.4, 0.5) is 0 Å². The molecule has 1 unspecified atom stereocenters. The fourth-order valence-electron chi connectivity index (χ4n) is 4.53. The maximum absolute atomic E-state index is 13.2. The molecule has 3 rings (SSSR count). The number of ether oxygens (including phenoxy) is 1. The number of Topliss-reactive ketones (excluding diaryl/α,β-unsaturated/α-hetero) is 1. The number of ketones is 1. The Kier molecular flexibility index (Phi) is 9.91. The Bertz CT molecular complexity index is 1010. The van der Waals surface area contributed by atoms with E-state index in [0.29, 0.717) is 24.5 Å². The van der Waals surface area contributed by atoms with Crippen LogP contribution in [0.25, 0.3) is 5.76 Å². The SMILES string of the molecule is CCCCCOc1cccc(C2/C(=C(\O)c3ccccc3)C(=O)C(=O)N2CCCN(CC)CC)c1. The summed E-state index contributed by atoms with van der Waals surface area (Å²) in [6.45, 7) is 10.1. The summed E-state index contributed by atoms with van der Waals surface area (Å²) < 4.78 is 5.95. The summed E-state index contributed by atoms with van der Waals surface area (Å²) in [4.78, 5) is 30.3. The zero-order chi connectivity index (χ0) is 25.2. The van der Waals surface area contributed by atoms with E-state index in [0.717, 1.165) is 50.9 Å². The van der Waals surface area contributed by atoms with Gasteiger partial charge in [-0.25, -0.2) is 0 Å². The van der Waals surface area contributed by atoms with Crippen LogP contribution in [0.2, 0.25) is 0 Å². The van der Waals surface area contributed by atoms with Gasteiger partial charge in [-0.2, -0.15) is 0 Å². The van der Waals surface area contributed by atoms with Gasteiger partial charge in [-0.05, 0) is 50.2 Å². The Labute approximate surface area is 209 Å². The van der Waals surface area contributed by atoms with Crippen molar-refractivity contribution < 1.29 is 19.4 Å². The van der Waals surface area contributed by atoms with Crippen molar-refractivity contribution in [1.29, 1.82) is 0 Å². The highest BCUT2D eigenvalue weighted by Crippen LogP contribution is 2.40. The average molecular weight is 479 g/mol. The lowest BCUT2D eigenvalue weighted by molar-refractivity contribution is -0.140. The average Bonchev–Trinajstić information content (AvgIpc) is 3.14. The smallest absolute Gasteiger partial charge is 0.295 e. The molecular formula is C29H38N2O4. The van der Waals surface area contributed by atoms with Gasteiger partial charge in [0, 0.05) is 12.1 Å². The second-order valence-corrected chi connectivity index (χ2v) is 8.87. The largest absolute Gasteiger partial charge is 0.507 e. The van der Waals surface area contributed by atoms with Crippen molar-refractivity contribution in [3.63, 3.8) is 0 Å². The third kappa shape index (κ3) is 6.51. The molecule has 0 aliphatic carbocycles. The van der Waals surface area contributed by atoms with Gasteiger partial charge in [-0.15, -0.1) is 0 Å². The lowest BCUT2D eigenvalue weighted by Crippen LogP contribution is -2.33. The van der Waals surface area contributed by atoms with Crippen LogP contribution in [0.3, 0.4) is 0 Å². The quantitative estimate of drug-likeness (QED) is 0.180. The number of carbonyl (C=O) groups is 2. The minimum atomic E-state index is -0.661. The number of amides is 1. The van der Waals surface area contributed by atoms with Crippen LogP contribution in [0, 0.1) is 0 Å². The van der Waals surface area contributed by atoms with Crippen molar-refractivity contribution in [2.75, 3.05) is 32.8 Å². The van der Waals surface area contributed by atoms with Crippen LogP contribution < -0.4 is 4.74 Å². The van der Waals surface area contributed by atoms with E-state index in [1.807, 2.05) is 30.3 Å². The lowest BCUT2D eigenvalue weighted by atomic mass is 9.95. The van der Waals surface area contributed by atoms with Gasteiger partial charge in [-0.3, -0.25) is 9.59 Å². The van der Waals surface area contributed by atoms with Crippen molar-refractivity contribution in [3.8, 4) is 5.75 Å². The number of aliphatic hydroxyl groups is 1. The second kappa shape index (κ2) is 13.1. The molecule has 0 spiro atoms. The number of benzene rings is 2. The lowest BCUT2D eigenvalue weighted by Gasteiger charge is -2.27. The van der Waals surface area contributed by atoms with E-state index in [9.17, 15) is 14.7 Å². The van der Waals surface area contributed by atoms with E-state index >= 15 is 0 Å². The molecule has 1 aliphatic rings. The molecule has 1 amide bonds. The summed E-state index contributed by atoms with van der Waals surface area (Å²) in [7, 11) is 0. The van der Waals surface area contributed by atoms with E-state index in [-0.39, 0.29) is 11.3 Å². The van der Waals surface area contributed by atoms with Crippen molar-refractivity contribution >= 4 is 17.4 Å². The van der Waals surface area contributed by atoms with Gasteiger partial charge in [0.1, 0.15) is 11.5 Å². The first-order valence-corrected chi connectivity index (χ1v) is 12.8. The van der Waals surface area contributed by atoms with Gasteiger partial charge < -0.3 is 19.6 Å². The summed E-state index contributed by atoms with van der Waals surface area (Å²) in [6, 6.07) is 15.8. The van der Waals surface area contributed by atoms with E-state index < -0.39 is 17.7 Å². The van der Waals surface area contributed by atoms with Gasteiger partial charge in [0.2, 0.25) is 0 Å². The zero-order valence-corrected chi connectivity index (χ0v) is 21.2. The monoisotopic (exact) mass is 478 g/mol. The first kappa shape index (κ1) is 26.5. The molecule has 6 heteroatoms. The van der Waals surface area contributed by atoms with Gasteiger partial charge in [-0.1, -0.05) is 76.1 Å². The second-order valence-electron chi connectivity index (χ2n) is 8.87. The third-order valence-corrected chi connectivity index (χ3v) is 6.55. The fraction of sp³-hybridized carbons (Fsp3) is 0.448. The first-order chi connectivity index (χ1) is 17.0. The Hall–Kier alpha value is -3.12. The number of aliphatic hydroxyl groups excluding tert-OH is 1. The number of carbonyl (C=O) groups excluding carboxylic acids is 2. The standard InChI is InChI=1S/C29H38N2O4/c1-4-7-11-20-35-24-17-12-16-23(21-24)26-25(27(32)22-14-9-8-10-15-22)28(33)29(34)31(26)19-13-18-30(5-2)6-3/h8-10,12,14-17,21,26,32H,4-7,11,13,18-20H2,1-3H3/b27-25+. The molecule has 0 radical (unpaired) electrons. The van der Waals surface area contributed by atoms with Crippen LogP contribution in [0.5, 0.6) is 5.75 Å². The highest BCUT2D eigenvalue weighted by atomic mass is 16.5. The van der Waals surface area contributed by atoms with E-state index in [1.54, 1.807) is 29.2 Å². The Balaban J connectivity index is 1.96. The molecule has 2 aromatic rings. The van der Waals surface area contributed by atoms with Crippen LogP contribution in [0.1, 0.15) is 63.6 Å². The highest BCUT2D eigenvalue weighted by molar-refractivity contribution is 6.46. The van der Waals surface area contributed by atoms with Gasteiger partial charge in [0.05, 0.1) is 18.2 Å². The Morgan fingerprint density at radius 3 is 2.40 bits per heavy atom. The molecule has 1 atom stereocenters. The van der Waals surface area contributed by atoms with E-state index in [1.165, 1.54) is 0 Å². The molecule has 35 heavy (non-hydrogen) atoms. The Morgan fingerprint density at radius 1 is 0.971 bits per heavy atom. The number of unbranched alkanes of at least 4 members (excludes halogenated alkanes) is 2. The number of likely N-dealkylation sites (tertiary alicyclic amines) is 1. The number of rotatable bonds is 13. The van der Waals surface area contributed by atoms with E-state index in [4.69, 9.17) is 4.74 Å². The predicted octanol–water partition coefficient (Wildman–Crippen LogP) is 5.41. The summed E-state index contributed by atoms with van der Waals surface area (Å²) in [5.74, 6) is -0.656. The molecule has 1 N–H and O–H groups in total. The van der Waals surface area contributed by atoms with Crippen molar-refractivity contribution in [3.05, 3.63) is 71.3 Å². The van der Waals surface area contributed by atoms with Crippen LogP contribution >= 0.6 is 0 Å². The molecular weight excluding hydrogens is 440 g/mol. The van der Waals surface area contributed by atoms with Crippen LogP contribution in [-0.4, -0.2) is 59.4 Å². The van der Waals surface area contributed by atoms with Crippen LogP contribution in [0.15, 0.2) is 60.2 Å². The molecule has 0 bridgehead atoms. The maximum atomic E-state index is 13.2. The van der Waals surface area contributed by atoms with Crippen molar-refractivity contribution in [2.45, 2.75) is 52.5 Å². The number of hydrogen-bond acceptors (Lipinski definition) is 5. The molecule has 1 heterocycles. The van der Waals surface area contributed by atoms with Crippen molar-refractivity contribution in [2.24, 2.45) is 0 Å². The normalized spacial score (nSPS) is 17.4. The molecule has 0 aromatic heterocycles. The summed E-state index contributed by atoms with van der Waals surface area (Å²) in [6.07, 6.45) is 3.93. The fourth-order valence-corrected chi connectivity index (χ4v) is 4.53. The topological polar surface area (TPSA) is 70.1 Å². The molecule has 188 valence electrons. The molecule has 0 saturated carbocycles. The molecule has 2 aromatic carbocycles. The van der Waals surface area contributed by atoms with Gasteiger partial charge in [0.25, 0.3) is 11.7 Å². The summed E-state index contributed by atoms with van der Waals surface area (Å²) in [5, 5.41) is 11.2. The van der Waals surface area contributed by atoms with Gasteiger partial charge >= 0.3 is 0 Å². The zero-order valence-electron chi connectivity index (χ0n) is 21.2. The van der Waals surface area contributed by atoms with Crippen LogP contribution in [-0.2, 0) is 9.59 Å². The van der Waals surface area contributed by atoms with Crippen molar-refractivity contribution in [1.82, 2.24) is 9.80 Å². The van der Waals surface area contributed by atoms with E-state index in [2.05, 4.69) is 25.7 Å². The minimum Gasteiger partial charge on any atom is -0.507 e. The first-order valence-electron chi connectivity index (χ1n) is 12.8. The maximum Gasteiger partial charge on any atom is 0.295 e. The summed E-state index contributed by atoms with van der Waals surface area (Å²) >= 11 is 0.